The molecule has 36 heavy (non-hydrogen) atoms. The van der Waals surface area contributed by atoms with Crippen LogP contribution >= 0.6 is 11.3 Å². The molecule has 0 bridgehead atoms. The standard InChI is InChI=1S/C24H23N7O3S2/c32-23(27-19-1-3-20(4-2-19)36(33,34)30-24-26-13-16-35-24)18-9-14-31(15-10-18)22-6-5-21(28-29-22)17-7-11-25-12-8-17/h1-8,11-13,16,18H,9-10,14-15H2,(H,26,30)(H,27,32). The number of rotatable bonds is 7. The SMILES string of the molecule is O=C(Nc1ccc(S(=O)(=O)Nc2nccs2)cc1)C1CCN(c2ccc(-c3ccncc3)nn2)CC1. The molecule has 4 aromatic rings. The molecule has 1 aliphatic heterocycles. The van der Waals surface area contributed by atoms with Crippen molar-refractivity contribution >= 4 is 43.9 Å². The summed E-state index contributed by atoms with van der Waals surface area (Å²) in [5, 5.41) is 13.6. The number of piperidine rings is 1. The molecule has 2 N–H and O–H groups in total. The Morgan fingerprint density at radius 1 is 0.944 bits per heavy atom. The molecule has 0 unspecified atom stereocenters. The number of amides is 1. The maximum Gasteiger partial charge on any atom is 0.263 e. The van der Waals surface area contributed by atoms with Gasteiger partial charge in [0.25, 0.3) is 10.0 Å². The van der Waals surface area contributed by atoms with Crippen LogP contribution in [0.1, 0.15) is 12.8 Å². The third-order valence-electron chi connectivity index (χ3n) is 5.90. The van der Waals surface area contributed by atoms with Gasteiger partial charge in [0.05, 0.1) is 10.6 Å². The molecule has 0 aliphatic carbocycles. The summed E-state index contributed by atoms with van der Waals surface area (Å²) in [6.07, 6.45) is 6.34. The molecule has 3 aromatic heterocycles. The molecule has 10 nitrogen and oxygen atoms in total. The number of anilines is 3. The number of hydrogen-bond acceptors (Lipinski definition) is 9. The summed E-state index contributed by atoms with van der Waals surface area (Å²) >= 11 is 1.20. The Hall–Kier alpha value is -3.90. The number of pyridine rings is 1. The van der Waals surface area contributed by atoms with Crippen LogP contribution in [0.15, 0.2) is 77.4 Å². The average Bonchev–Trinajstić information content (AvgIpc) is 3.42. The first-order valence-corrected chi connectivity index (χ1v) is 13.7. The minimum absolute atomic E-state index is 0.0784. The molecule has 4 heterocycles. The van der Waals surface area contributed by atoms with Gasteiger partial charge >= 0.3 is 0 Å². The summed E-state index contributed by atoms with van der Waals surface area (Å²) in [7, 11) is -3.73. The zero-order chi connectivity index (χ0) is 25.0. The number of hydrogen-bond donors (Lipinski definition) is 2. The first kappa shape index (κ1) is 23.8. The molecule has 0 saturated carbocycles. The molecule has 1 aliphatic rings. The average molecular weight is 522 g/mol. The van der Waals surface area contributed by atoms with E-state index in [1.807, 2.05) is 24.3 Å². The Balaban J connectivity index is 1.14. The summed E-state index contributed by atoms with van der Waals surface area (Å²) in [5.74, 6) is 0.570. The monoisotopic (exact) mass is 521 g/mol. The van der Waals surface area contributed by atoms with Crippen LogP contribution in [-0.2, 0) is 14.8 Å². The van der Waals surface area contributed by atoms with Gasteiger partial charge in [-0.1, -0.05) is 0 Å². The molecular formula is C24H23N7O3S2. The predicted octanol–water partition coefficient (Wildman–Crippen LogP) is 3.65. The van der Waals surface area contributed by atoms with Gasteiger partial charge in [0.15, 0.2) is 10.9 Å². The van der Waals surface area contributed by atoms with Crippen LogP contribution in [0.3, 0.4) is 0 Å². The minimum Gasteiger partial charge on any atom is -0.355 e. The zero-order valence-corrected chi connectivity index (χ0v) is 20.7. The second-order valence-electron chi connectivity index (χ2n) is 8.23. The van der Waals surface area contributed by atoms with E-state index in [0.717, 1.165) is 17.1 Å². The summed E-state index contributed by atoms with van der Waals surface area (Å²) in [6.45, 7) is 1.39. The van der Waals surface area contributed by atoms with Crippen molar-refractivity contribution in [3.05, 3.63) is 72.5 Å². The molecular weight excluding hydrogens is 498 g/mol. The Morgan fingerprint density at radius 2 is 1.69 bits per heavy atom. The van der Waals surface area contributed by atoms with Crippen molar-refractivity contribution in [3.8, 4) is 11.3 Å². The van der Waals surface area contributed by atoms with Crippen molar-refractivity contribution < 1.29 is 13.2 Å². The van der Waals surface area contributed by atoms with E-state index >= 15 is 0 Å². The van der Waals surface area contributed by atoms with Crippen molar-refractivity contribution in [2.75, 3.05) is 28.0 Å². The molecule has 184 valence electrons. The third kappa shape index (κ3) is 5.50. The fourth-order valence-electron chi connectivity index (χ4n) is 3.95. The van der Waals surface area contributed by atoms with Crippen LogP contribution in [-0.4, -0.2) is 47.6 Å². The molecule has 1 amide bonds. The van der Waals surface area contributed by atoms with Gasteiger partial charge in [-0.15, -0.1) is 21.5 Å². The fourth-order valence-corrected chi connectivity index (χ4v) is 5.74. The second kappa shape index (κ2) is 10.4. The highest BCUT2D eigenvalue weighted by molar-refractivity contribution is 7.93. The topological polar surface area (TPSA) is 130 Å². The van der Waals surface area contributed by atoms with Gasteiger partial charge in [0, 0.05) is 54.2 Å². The molecule has 0 radical (unpaired) electrons. The molecule has 1 aromatic carbocycles. The Kier molecular flexibility index (Phi) is 6.87. The van der Waals surface area contributed by atoms with E-state index in [4.69, 9.17) is 0 Å². The van der Waals surface area contributed by atoms with Crippen LogP contribution in [0.25, 0.3) is 11.3 Å². The van der Waals surface area contributed by atoms with Gasteiger partial charge in [-0.3, -0.25) is 14.5 Å². The Labute approximate surface area is 212 Å². The zero-order valence-electron chi connectivity index (χ0n) is 19.1. The van der Waals surface area contributed by atoms with Gasteiger partial charge < -0.3 is 10.2 Å². The highest BCUT2D eigenvalue weighted by atomic mass is 32.2. The Morgan fingerprint density at radius 3 is 2.33 bits per heavy atom. The van der Waals surface area contributed by atoms with Crippen LogP contribution in [0.4, 0.5) is 16.6 Å². The summed E-state index contributed by atoms with van der Waals surface area (Å²) < 4.78 is 27.4. The number of nitrogens with one attached hydrogen (secondary N) is 2. The number of thiazole rings is 1. The van der Waals surface area contributed by atoms with E-state index in [2.05, 4.69) is 35.1 Å². The van der Waals surface area contributed by atoms with Gasteiger partial charge in [-0.05, 0) is 61.4 Å². The fraction of sp³-hybridized carbons (Fsp3) is 0.208. The Bertz CT molecular complexity index is 1410. The summed E-state index contributed by atoms with van der Waals surface area (Å²) in [4.78, 5) is 23.0. The van der Waals surface area contributed by atoms with E-state index in [0.29, 0.717) is 36.8 Å². The first-order valence-electron chi connectivity index (χ1n) is 11.3. The smallest absolute Gasteiger partial charge is 0.263 e. The van der Waals surface area contributed by atoms with Crippen molar-refractivity contribution in [1.29, 1.82) is 0 Å². The minimum atomic E-state index is -3.73. The molecule has 0 spiro atoms. The van der Waals surface area contributed by atoms with Gasteiger partial charge in [0.1, 0.15) is 0 Å². The molecule has 5 rings (SSSR count). The summed E-state index contributed by atoms with van der Waals surface area (Å²) in [6, 6.07) is 13.8. The van der Waals surface area contributed by atoms with E-state index in [1.54, 1.807) is 29.9 Å². The van der Waals surface area contributed by atoms with Crippen LogP contribution in [0, 0.1) is 5.92 Å². The van der Waals surface area contributed by atoms with E-state index < -0.39 is 10.0 Å². The quantitative estimate of drug-likeness (QED) is 0.377. The van der Waals surface area contributed by atoms with Gasteiger partial charge in [0.2, 0.25) is 5.91 Å². The highest BCUT2D eigenvalue weighted by Gasteiger charge is 2.26. The maximum atomic E-state index is 12.8. The van der Waals surface area contributed by atoms with Crippen molar-refractivity contribution in [2.24, 2.45) is 5.92 Å². The lowest BCUT2D eigenvalue weighted by Gasteiger charge is -2.31. The number of nitrogens with zero attached hydrogens (tertiary/aromatic N) is 5. The largest absolute Gasteiger partial charge is 0.355 e. The van der Waals surface area contributed by atoms with Crippen LogP contribution < -0.4 is 14.9 Å². The molecule has 1 fully saturated rings. The van der Waals surface area contributed by atoms with Crippen LogP contribution in [0.5, 0.6) is 0 Å². The van der Waals surface area contributed by atoms with E-state index in [9.17, 15) is 13.2 Å². The number of sulfonamides is 1. The lowest BCUT2D eigenvalue weighted by molar-refractivity contribution is -0.120. The van der Waals surface area contributed by atoms with Gasteiger partial charge in [-0.2, -0.15) is 0 Å². The van der Waals surface area contributed by atoms with E-state index in [1.165, 1.54) is 29.7 Å². The van der Waals surface area contributed by atoms with Crippen molar-refractivity contribution in [1.82, 2.24) is 20.2 Å². The number of carbonyl (C=O) groups is 1. The lowest BCUT2D eigenvalue weighted by atomic mass is 9.96. The normalized spacial score (nSPS) is 14.4. The van der Waals surface area contributed by atoms with E-state index in [-0.39, 0.29) is 16.7 Å². The molecule has 12 heteroatoms. The van der Waals surface area contributed by atoms with Crippen molar-refractivity contribution in [3.63, 3.8) is 0 Å². The lowest BCUT2D eigenvalue weighted by Crippen LogP contribution is -2.38. The number of carbonyl (C=O) groups excluding carboxylic acids is 1. The molecule has 0 atom stereocenters. The molecule has 1 saturated heterocycles. The number of aromatic nitrogens is 4. The van der Waals surface area contributed by atoms with Crippen LogP contribution in [0.2, 0.25) is 0 Å². The maximum absolute atomic E-state index is 12.8. The van der Waals surface area contributed by atoms with Gasteiger partial charge in [-0.25, -0.2) is 13.4 Å². The van der Waals surface area contributed by atoms with Crippen molar-refractivity contribution in [2.45, 2.75) is 17.7 Å². The third-order valence-corrected chi connectivity index (χ3v) is 8.08. The first-order chi connectivity index (χ1) is 17.5. The second-order valence-corrected chi connectivity index (χ2v) is 10.8. The predicted molar refractivity (Wildman–Crippen MR) is 138 cm³/mol. The highest BCUT2D eigenvalue weighted by Crippen LogP contribution is 2.25. The number of benzene rings is 1. The summed E-state index contributed by atoms with van der Waals surface area (Å²) in [5.41, 5.74) is 2.29.